The van der Waals surface area contributed by atoms with E-state index in [9.17, 15) is 9.59 Å². The van der Waals surface area contributed by atoms with Crippen molar-refractivity contribution in [1.82, 2.24) is 10.2 Å². The smallest absolute Gasteiger partial charge is 0.254 e. The first-order valence-electron chi connectivity index (χ1n) is 7.73. The molecule has 21 heavy (non-hydrogen) atoms. The van der Waals surface area contributed by atoms with Crippen LogP contribution in [0.15, 0.2) is 30.3 Å². The number of carbonyl (C=O) groups is 2. The number of nitrogens with zero attached hydrogens (tertiary/aromatic N) is 1. The van der Waals surface area contributed by atoms with Gasteiger partial charge in [-0.05, 0) is 45.2 Å². The van der Waals surface area contributed by atoms with E-state index < -0.39 is 0 Å². The lowest BCUT2D eigenvalue weighted by Gasteiger charge is -2.26. The second-order valence-corrected chi connectivity index (χ2v) is 5.90. The highest BCUT2D eigenvalue weighted by molar-refractivity contribution is 5.94. The van der Waals surface area contributed by atoms with Gasteiger partial charge in [-0.1, -0.05) is 18.2 Å². The van der Waals surface area contributed by atoms with E-state index in [4.69, 9.17) is 0 Å². The third kappa shape index (κ3) is 4.88. The molecule has 0 saturated heterocycles. The van der Waals surface area contributed by atoms with Crippen LogP contribution in [0.3, 0.4) is 0 Å². The molecule has 2 amide bonds. The van der Waals surface area contributed by atoms with E-state index >= 15 is 0 Å². The van der Waals surface area contributed by atoms with Crippen molar-refractivity contribution in [3.63, 3.8) is 0 Å². The zero-order valence-corrected chi connectivity index (χ0v) is 12.8. The Morgan fingerprint density at radius 2 is 1.90 bits per heavy atom. The molecule has 1 aromatic carbocycles. The standard InChI is InChI=1S/C17H24N2O2/c1-13(2)19(17(21)14-7-4-3-5-8-14)12-6-9-16(20)18-15-10-11-15/h3-5,7-8,13,15H,6,9-12H2,1-2H3,(H,18,20). The van der Waals surface area contributed by atoms with Crippen LogP contribution in [0, 0.1) is 0 Å². The maximum atomic E-state index is 12.5. The Balaban J connectivity index is 1.84. The SMILES string of the molecule is CC(C)N(CCCC(=O)NC1CC1)C(=O)c1ccccc1. The molecule has 0 atom stereocenters. The van der Waals surface area contributed by atoms with Gasteiger partial charge in [-0.25, -0.2) is 0 Å². The van der Waals surface area contributed by atoms with Gasteiger partial charge < -0.3 is 10.2 Å². The summed E-state index contributed by atoms with van der Waals surface area (Å²) in [7, 11) is 0. The summed E-state index contributed by atoms with van der Waals surface area (Å²) >= 11 is 0. The molecule has 1 aromatic rings. The summed E-state index contributed by atoms with van der Waals surface area (Å²) in [4.78, 5) is 26.0. The fourth-order valence-corrected chi connectivity index (χ4v) is 2.28. The van der Waals surface area contributed by atoms with Gasteiger partial charge in [-0.15, -0.1) is 0 Å². The minimum Gasteiger partial charge on any atom is -0.353 e. The van der Waals surface area contributed by atoms with Crippen molar-refractivity contribution in [1.29, 1.82) is 0 Å². The molecule has 4 heteroatoms. The number of rotatable bonds is 7. The first kappa shape index (κ1) is 15.5. The van der Waals surface area contributed by atoms with Crippen molar-refractivity contribution in [3.05, 3.63) is 35.9 Å². The molecule has 0 radical (unpaired) electrons. The molecule has 0 bridgehead atoms. The van der Waals surface area contributed by atoms with Gasteiger partial charge in [0.15, 0.2) is 0 Å². The Bertz CT molecular complexity index is 481. The molecule has 1 aliphatic carbocycles. The second-order valence-electron chi connectivity index (χ2n) is 5.90. The molecular weight excluding hydrogens is 264 g/mol. The van der Waals surface area contributed by atoms with E-state index in [0.29, 0.717) is 31.0 Å². The third-order valence-electron chi connectivity index (χ3n) is 3.65. The minimum atomic E-state index is 0.0354. The minimum absolute atomic E-state index is 0.0354. The molecule has 2 rings (SSSR count). The van der Waals surface area contributed by atoms with Gasteiger partial charge in [0, 0.05) is 30.6 Å². The first-order valence-corrected chi connectivity index (χ1v) is 7.73. The molecule has 114 valence electrons. The third-order valence-corrected chi connectivity index (χ3v) is 3.65. The van der Waals surface area contributed by atoms with E-state index in [0.717, 1.165) is 12.8 Å². The molecule has 0 unspecified atom stereocenters. The molecular formula is C17H24N2O2. The van der Waals surface area contributed by atoms with Crippen LogP contribution in [0.2, 0.25) is 0 Å². The van der Waals surface area contributed by atoms with Gasteiger partial charge in [0.05, 0.1) is 0 Å². The van der Waals surface area contributed by atoms with E-state index in [-0.39, 0.29) is 17.9 Å². The first-order chi connectivity index (χ1) is 10.1. The summed E-state index contributed by atoms with van der Waals surface area (Å²) in [6, 6.07) is 9.84. The summed E-state index contributed by atoms with van der Waals surface area (Å²) < 4.78 is 0. The molecule has 1 fully saturated rings. The van der Waals surface area contributed by atoms with E-state index in [2.05, 4.69) is 5.32 Å². The van der Waals surface area contributed by atoms with Crippen LogP contribution in [0.5, 0.6) is 0 Å². The van der Waals surface area contributed by atoms with Crippen LogP contribution >= 0.6 is 0 Å². The number of benzene rings is 1. The molecule has 4 nitrogen and oxygen atoms in total. The van der Waals surface area contributed by atoms with Crippen molar-refractivity contribution < 1.29 is 9.59 Å². The zero-order valence-electron chi connectivity index (χ0n) is 12.8. The zero-order chi connectivity index (χ0) is 15.2. The number of hydrogen-bond donors (Lipinski definition) is 1. The van der Waals surface area contributed by atoms with Crippen molar-refractivity contribution in [3.8, 4) is 0 Å². The highest BCUT2D eigenvalue weighted by atomic mass is 16.2. The molecule has 0 aliphatic heterocycles. The fraction of sp³-hybridized carbons (Fsp3) is 0.529. The monoisotopic (exact) mass is 288 g/mol. The Hall–Kier alpha value is -1.84. The second kappa shape index (κ2) is 7.25. The normalized spacial score (nSPS) is 14.0. The van der Waals surface area contributed by atoms with Gasteiger partial charge in [-0.2, -0.15) is 0 Å². The Kier molecular flexibility index (Phi) is 5.37. The van der Waals surface area contributed by atoms with E-state index in [1.54, 1.807) is 0 Å². The highest BCUT2D eigenvalue weighted by Gasteiger charge is 2.23. The van der Waals surface area contributed by atoms with Gasteiger partial charge >= 0.3 is 0 Å². The molecule has 0 heterocycles. The lowest BCUT2D eigenvalue weighted by Crippen LogP contribution is -2.38. The predicted octanol–water partition coefficient (Wildman–Crippen LogP) is 2.60. The van der Waals surface area contributed by atoms with Crippen molar-refractivity contribution in [2.45, 2.75) is 51.6 Å². The maximum absolute atomic E-state index is 12.5. The number of carbonyl (C=O) groups excluding carboxylic acids is 2. The van der Waals surface area contributed by atoms with Crippen LogP contribution in [0.25, 0.3) is 0 Å². The summed E-state index contributed by atoms with van der Waals surface area (Å²) in [5.74, 6) is 0.140. The van der Waals surface area contributed by atoms with Crippen molar-refractivity contribution >= 4 is 11.8 Å². The van der Waals surface area contributed by atoms with Crippen molar-refractivity contribution in [2.75, 3.05) is 6.54 Å². The largest absolute Gasteiger partial charge is 0.353 e. The Morgan fingerprint density at radius 1 is 1.24 bits per heavy atom. The van der Waals surface area contributed by atoms with Crippen LogP contribution in [0.1, 0.15) is 49.9 Å². The van der Waals surface area contributed by atoms with Gasteiger partial charge in [-0.3, -0.25) is 9.59 Å². The van der Waals surface area contributed by atoms with Crippen LogP contribution in [-0.4, -0.2) is 35.3 Å². The van der Waals surface area contributed by atoms with Gasteiger partial charge in [0.1, 0.15) is 0 Å². The number of amides is 2. The molecule has 0 aromatic heterocycles. The topological polar surface area (TPSA) is 49.4 Å². The van der Waals surface area contributed by atoms with Gasteiger partial charge in [0.25, 0.3) is 5.91 Å². The molecule has 1 N–H and O–H groups in total. The molecule has 1 aliphatic rings. The lowest BCUT2D eigenvalue weighted by atomic mass is 10.1. The van der Waals surface area contributed by atoms with Crippen molar-refractivity contribution in [2.24, 2.45) is 0 Å². The summed E-state index contributed by atoms with van der Waals surface area (Å²) in [5.41, 5.74) is 0.702. The van der Waals surface area contributed by atoms with Crippen LogP contribution in [0.4, 0.5) is 0 Å². The summed E-state index contributed by atoms with van der Waals surface area (Å²) in [5, 5.41) is 2.98. The Morgan fingerprint density at radius 3 is 2.48 bits per heavy atom. The molecule has 1 saturated carbocycles. The molecule has 0 spiro atoms. The Labute approximate surface area is 126 Å². The van der Waals surface area contributed by atoms with E-state index in [1.165, 1.54) is 0 Å². The average Bonchev–Trinajstić information content (AvgIpc) is 3.27. The number of hydrogen-bond acceptors (Lipinski definition) is 2. The average molecular weight is 288 g/mol. The number of nitrogens with one attached hydrogen (secondary N) is 1. The fourth-order valence-electron chi connectivity index (χ4n) is 2.28. The maximum Gasteiger partial charge on any atom is 0.254 e. The quantitative estimate of drug-likeness (QED) is 0.838. The van der Waals surface area contributed by atoms with E-state index in [1.807, 2.05) is 49.1 Å². The van der Waals surface area contributed by atoms with Crippen LogP contribution < -0.4 is 5.32 Å². The van der Waals surface area contributed by atoms with Gasteiger partial charge in [0.2, 0.25) is 5.91 Å². The highest BCUT2D eigenvalue weighted by Crippen LogP contribution is 2.18. The summed E-state index contributed by atoms with van der Waals surface area (Å²) in [6.45, 7) is 4.62. The van der Waals surface area contributed by atoms with Crippen LogP contribution in [-0.2, 0) is 4.79 Å². The predicted molar refractivity (Wildman–Crippen MR) is 83.0 cm³/mol. The lowest BCUT2D eigenvalue weighted by molar-refractivity contribution is -0.121. The summed E-state index contributed by atoms with van der Waals surface area (Å²) in [6.07, 6.45) is 3.41.